The molecule has 0 bridgehead atoms. The van der Waals surface area contributed by atoms with E-state index in [1.54, 1.807) is 0 Å². The van der Waals surface area contributed by atoms with Gasteiger partial charge in [0.1, 0.15) is 12.2 Å². The molecule has 2 unspecified atom stereocenters. The maximum Gasteiger partial charge on any atom is 0.176 e. The molecular weight excluding hydrogens is 432 g/mol. The van der Waals surface area contributed by atoms with Crippen molar-refractivity contribution >= 4 is 6.08 Å². The van der Waals surface area contributed by atoms with Gasteiger partial charge in [0.25, 0.3) is 0 Å². The number of ether oxygens (including phenoxy) is 3. The molecule has 0 radical (unpaired) electrons. The minimum Gasteiger partial charge on any atom is -0.449 e. The van der Waals surface area contributed by atoms with Gasteiger partial charge in [0.05, 0.1) is 0 Å². The molecule has 2 aliphatic rings. The number of rotatable bonds is 11. The largest absolute Gasteiger partial charge is 0.449 e. The Morgan fingerprint density at radius 2 is 1.23 bits per heavy atom. The highest BCUT2D eigenvalue weighted by atomic mass is 16.6. The lowest BCUT2D eigenvalue weighted by Crippen LogP contribution is -2.07. The number of allylic oxidation sites excluding steroid dienone is 2. The Balaban J connectivity index is 0.000000308. The molecule has 0 aliphatic carbocycles. The summed E-state index contributed by atoms with van der Waals surface area (Å²) in [5.74, 6) is 3.83. The highest BCUT2D eigenvalue weighted by Crippen LogP contribution is 2.53. The van der Waals surface area contributed by atoms with E-state index in [0.717, 1.165) is 59.8 Å². The summed E-state index contributed by atoms with van der Waals surface area (Å²) in [5.41, 5.74) is 3.35. The fourth-order valence-electron chi connectivity index (χ4n) is 3.83. The van der Waals surface area contributed by atoms with Gasteiger partial charge in [0.15, 0.2) is 23.0 Å². The van der Waals surface area contributed by atoms with Crippen LogP contribution in [0.25, 0.3) is 6.08 Å². The number of para-hydroxylation sites is 2. The van der Waals surface area contributed by atoms with Crippen molar-refractivity contribution in [2.75, 3.05) is 0 Å². The first-order valence-corrected chi connectivity index (χ1v) is 12.5. The van der Waals surface area contributed by atoms with Gasteiger partial charge in [-0.3, -0.25) is 0 Å². The predicted octanol–water partition coefficient (Wildman–Crippen LogP) is 9.74. The van der Waals surface area contributed by atoms with E-state index in [1.807, 2.05) is 60.7 Å². The van der Waals surface area contributed by atoms with E-state index in [0.29, 0.717) is 0 Å². The van der Waals surface area contributed by atoms with Gasteiger partial charge in [-0.15, -0.1) is 0 Å². The predicted molar refractivity (Wildman–Crippen MR) is 144 cm³/mol. The third kappa shape index (κ3) is 6.74. The van der Waals surface area contributed by atoms with Crippen LogP contribution in [-0.2, 0) is 4.74 Å². The molecule has 0 saturated carbocycles. The van der Waals surface area contributed by atoms with Crippen LogP contribution in [0, 0.1) is 0 Å². The molecule has 35 heavy (non-hydrogen) atoms. The fraction of sp³-hybridized carbons (Fsp3) is 0.250. The van der Waals surface area contributed by atoms with Crippen molar-refractivity contribution in [3.8, 4) is 23.0 Å². The Bertz CT molecular complexity index is 1110. The molecule has 0 fully saturated rings. The van der Waals surface area contributed by atoms with Gasteiger partial charge >= 0.3 is 0 Å². The zero-order valence-corrected chi connectivity index (χ0v) is 20.7. The van der Waals surface area contributed by atoms with Crippen LogP contribution < -0.4 is 9.47 Å². The molecule has 3 aromatic carbocycles. The monoisotopic (exact) mass is 466 g/mol. The van der Waals surface area contributed by atoms with Crippen LogP contribution in [0.2, 0.25) is 0 Å². The van der Waals surface area contributed by atoms with Gasteiger partial charge in [-0.1, -0.05) is 118 Å². The van der Waals surface area contributed by atoms with Crippen LogP contribution >= 0.6 is 0 Å². The summed E-state index contributed by atoms with van der Waals surface area (Å²) >= 11 is 0. The van der Waals surface area contributed by atoms with Crippen LogP contribution in [0.15, 0.2) is 97.6 Å². The molecule has 0 saturated heterocycles. The molecule has 0 spiro atoms. The van der Waals surface area contributed by atoms with Crippen molar-refractivity contribution in [2.45, 2.75) is 51.7 Å². The lowest BCUT2D eigenvalue weighted by Gasteiger charge is -2.20. The van der Waals surface area contributed by atoms with E-state index in [9.17, 15) is 0 Å². The zero-order chi connectivity index (χ0) is 24.5. The van der Waals surface area contributed by atoms with Crippen LogP contribution in [0.4, 0.5) is 0 Å². The summed E-state index contributed by atoms with van der Waals surface area (Å²) in [6.07, 6.45) is 14.6. The number of fused-ring (bicyclic) bond motifs is 2. The Kier molecular flexibility index (Phi) is 8.58. The second kappa shape index (κ2) is 12.2. The quantitative estimate of drug-likeness (QED) is 0.143. The van der Waals surface area contributed by atoms with E-state index < -0.39 is 0 Å². The van der Waals surface area contributed by atoms with Crippen LogP contribution in [-0.4, -0.2) is 0 Å². The molecule has 0 aromatic heterocycles. The normalized spacial score (nSPS) is 14.1. The SMILES string of the molecule is C=Cc1ccccc1.CCCC=CC(OC(C=CCCC)c1cccc2c1O2)c1cccc2c1O2. The van der Waals surface area contributed by atoms with Gasteiger partial charge < -0.3 is 14.2 Å². The molecule has 3 aromatic rings. The second-order valence-corrected chi connectivity index (χ2v) is 8.58. The smallest absolute Gasteiger partial charge is 0.176 e. The van der Waals surface area contributed by atoms with Crippen LogP contribution in [0.3, 0.4) is 0 Å². The standard InChI is InChI=1S/C24H26O3.C8H8/c1-3-5-7-13-19(17-11-9-15-21-23(17)26-21)25-20(14-8-6-4-2)18-12-10-16-22-24(18)27-22;1-2-8-6-4-3-5-7-8/h7-16,19-20H,3-6H2,1-2H3;2-7H,1H2. The van der Waals surface area contributed by atoms with E-state index in [-0.39, 0.29) is 12.2 Å². The van der Waals surface area contributed by atoms with Gasteiger partial charge in [-0.2, -0.15) is 0 Å². The Labute approximate surface area is 209 Å². The molecule has 0 amide bonds. The number of hydrogen-bond donors (Lipinski definition) is 0. The maximum atomic E-state index is 6.61. The Hall–Kier alpha value is -3.56. The van der Waals surface area contributed by atoms with Crippen LogP contribution in [0.1, 0.15) is 68.4 Å². The second-order valence-electron chi connectivity index (χ2n) is 8.58. The summed E-state index contributed by atoms with van der Waals surface area (Å²) in [7, 11) is 0. The van der Waals surface area contributed by atoms with Crippen molar-refractivity contribution in [1.82, 2.24) is 0 Å². The third-order valence-corrected chi connectivity index (χ3v) is 5.83. The number of unbranched alkanes of at least 4 members (excludes halogenated alkanes) is 2. The molecule has 5 rings (SSSR count). The number of benzene rings is 3. The van der Waals surface area contributed by atoms with Crippen molar-refractivity contribution in [1.29, 1.82) is 0 Å². The van der Waals surface area contributed by atoms with Crippen molar-refractivity contribution in [2.24, 2.45) is 0 Å². The molecule has 0 N–H and O–H groups in total. The van der Waals surface area contributed by atoms with Crippen molar-refractivity contribution in [3.05, 3.63) is 114 Å². The molecule has 2 heterocycles. The molecule has 2 atom stereocenters. The Morgan fingerprint density at radius 1 is 0.714 bits per heavy atom. The first-order chi connectivity index (χ1) is 17.2. The summed E-state index contributed by atoms with van der Waals surface area (Å²) in [5, 5.41) is 0. The lowest BCUT2D eigenvalue weighted by atomic mass is 10.1. The highest BCUT2D eigenvalue weighted by molar-refractivity contribution is 5.62. The van der Waals surface area contributed by atoms with Gasteiger partial charge in [-0.25, -0.2) is 0 Å². The average Bonchev–Trinajstić information content (AvgIpc) is 3.82. The minimum absolute atomic E-state index is 0.153. The molecule has 2 aliphatic heterocycles. The summed E-state index contributed by atoms with van der Waals surface area (Å²) in [4.78, 5) is 0. The summed E-state index contributed by atoms with van der Waals surface area (Å²) < 4.78 is 17.8. The first-order valence-electron chi connectivity index (χ1n) is 12.5. The van der Waals surface area contributed by atoms with Crippen LogP contribution in [0.5, 0.6) is 23.0 Å². The summed E-state index contributed by atoms with van der Waals surface area (Å²) in [6, 6.07) is 22.3. The minimum atomic E-state index is -0.153. The van der Waals surface area contributed by atoms with E-state index >= 15 is 0 Å². The molecule has 3 nitrogen and oxygen atoms in total. The topological polar surface area (TPSA) is 34.3 Å². The highest BCUT2D eigenvalue weighted by Gasteiger charge is 2.32. The van der Waals surface area contributed by atoms with Gasteiger partial charge in [0.2, 0.25) is 0 Å². The molecular formula is C32H34O3. The first kappa shape index (κ1) is 24.6. The van der Waals surface area contributed by atoms with E-state index in [1.165, 1.54) is 5.56 Å². The molecule has 180 valence electrons. The number of hydrogen-bond acceptors (Lipinski definition) is 3. The third-order valence-electron chi connectivity index (χ3n) is 5.83. The van der Waals surface area contributed by atoms with E-state index in [2.05, 4.69) is 56.9 Å². The Morgan fingerprint density at radius 3 is 1.66 bits per heavy atom. The lowest BCUT2D eigenvalue weighted by molar-refractivity contribution is 0.0393. The molecule has 3 heteroatoms. The zero-order valence-electron chi connectivity index (χ0n) is 20.7. The van der Waals surface area contributed by atoms with Crippen molar-refractivity contribution in [3.63, 3.8) is 0 Å². The van der Waals surface area contributed by atoms with Crippen molar-refractivity contribution < 1.29 is 14.2 Å². The fourth-order valence-corrected chi connectivity index (χ4v) is 3.83. The van der Waals surface area contributed by atoms with Gasteiger partial charge in [0, 0.05) is 11.1 Å². The van der Waals surface area contributed by atoms with E-state index in [4.69, 9.17) is 14.2 Å². The van der Waals surface area contributed by atoms with Gasteiger partial charge in [-0.05, 0) is 30.5 Å². The average molecular weight is 467 g/mol. The summed E-state index contributed by atoms with van der Waals surface area (Å²) in [6.45, 7) is 7.99. The maximum absolute atomic E-state index is 6.61.